The average molecular weight is 337 g/mol. The van der Waals surface area contributed by atoms with Crippen molar-refractivity contribution in [3.63, 3.8) is 0 Å². The second-order valence-electron chi connectivity index (χ2n) is 4.47. The number of aromatic nitrogens is 4. The molecule has 2 aromatic heterocycles. The van der Waals surface area contributed by atoms with Gasteiger partial charge in [0.15, 0.2) is 5.82 Å². The number of nitrogens with one attached hydrogen (secondary N) is 1. The molecule has 1 aliphatic rings. The molecular weight excluding hydrogens is 324 g/mol. The smallest absolute Gasteiger partial charge is 0.258 e. The van der Waals surface area contributed by atoms with Crippen LogP contribution in [0.25, 0.3) is 0 Å². The van der Waals surface area contributed by atoms with Gasteiger partial charge in [0.1, 0.15) is 12.1 Å². The van der Waals surface area contributed by atoms with Gasteiger partial charge >= 0.3 is 0 Å². The van der Waals surface area contributed by atoms with E-state index in [1.165, 1.54) is 0 Å². The fraction of sp³-hybridized carbons (Fsp3) is 0.333. The molecule has 1 N–H and O–H groups in total. The fourth-order valence-corrected chi connectivity index (χ4v) is 2.54. The van der Waals surface area contributed by atoms with Gasteiger partial charge in [-0.3, -0.25) is 4.79 Å². The summed E-state index contributed by atoms with van der Waals surface area (Å²) in [7, 11) is 1.75. The van der Waals surface area contributed by atoms with Crippen molar-refractivity contribution in [2.75, 3.05) is 18.9 Å². The quantitative estimate of drug-likeness (QED) is 0.889. The minimum atomic E-state index is -0.0580. The van der Waals surface area contributed by atoms with Crippen molar-refractivity contribution < 1.29 is 4.79 Å². The highest BCUT2D eigenvalue weighted by molar-refractivity contribution is 9.10. The molecule has 0 saturated carbocycles. The van der Waals surface area contributed by atoms with Crippen LogP contribution in [0.4, 0.5) is 5.82 Å². The van der Waals surface area contributed by atoms with Crippen molar-refractivity contribution in [2.24, 2.45) is 0 Å². The zero-order chi connectivity index (χ0) is 14.1. The Morgan fingerprint density at radius 1 is 1.45 bits per heavy atom. The first-order chi connectivity index (χ1) is 9.69. The second-order valence-corrected chi connectivity index (χ2v) is 5.38. The molecule has 0 radical (unpaired) electrons. The second kappa shape index (κ2) is 5.20. The number of amides is 1. The lowest BCUT2D eigenvalue weighted by molar-refractivity contribution is 0.0708. The average Bonchev–Trinajstić information content (AvgIpc) is 2.93. The number of pyridine rings is 1. The molecule has 0 aromatic carbocycles. The summed E-state index contributed by atoms with van der Waals surface area (Å²) in [6.45, 7) is 1.82. The van der Waals surface area contributed by atoms with Crippen LogP contribution in [0.3, 0.4) is 0 Å². The SMILES string of the molecule is CNc1ncc(Br)cc1C(=O)N1CCn2cnnc2C1. The summed E-state index contributed by atoms with van der Waals surface area (Å²) in [5, 5.41) is 10.8. The molecule has 2 aromatic rings. The number of anilines is 1. The maximum Gasteiger partial charge on any atom is 0.258 e. The van der Waals surface area contributed by atoms with E-state index in [2.05, 4.69) is 36.4 Å². The zero-order valence-corrected chi connectivity index (χ0v) is 12.5. The third-order valence-corrected chi connectivity index (χ3v) is 3.68. The molecule has 0 bridgehead atoms. The summed E-state index contributed by atoms with van der Waals surface area (Å²) in [5.41, 5.74) is 0.551. The lowest BCUT2D eigenvalue weighted by atomic mass is 10.2. The molecule has 3 heterocycles. The van der Waals surface area contributed by atoms with Crippen LogP contribution in [0.1, 0.15) is 16.2 Å². The molecule has 0 atom stereocenters. The Balaban J connectivity index is 1.88. The largest absolute Gasteiger partial charge is 0.372 e. The highest BCUT2D eigenvalue weighted by Crippen LogP contribution is 2.21. The van der Waals surface area contributed by atoms with Gasteiger partial charge < -0.3 is 14.8 Å². The molecule has 0 fully saturated rings. The number of halogens is 1. The Bertz CT molecular complexity index is 655. The number of rotatable bonds is 2. The van der Waals surface area contributed by atoms with E-state index in [0.29, 0.717) is 31.0 Å². The highest BCUT2D eigenvalue weighted by atomic mass is 79.9. The Morgan fingerprint density at radius 3 is 3.10 bits per heavy atom. The molecule has 8 heteroatoms. The predicted molar refractivity (Wildman–Crippen MR) is 76.2 cm³/mol. The Morgan fingerprint density at radius 2 is 2.30 bits per heavy atom. The standard InChI is InChI=1S/C12H13BrN6O/c1-14-11-9(4-8(13)5-15-11)12(20)18-2-3-19-7-16-17-10(19)6-18/h4-5,7H,2-3,6H2,1H3,(H,14,15). The van der Waals surface area contributed by atoms with Gasteiger partial charge in [0, 0.05) is 30.8 Å². The lowest BCUT2D eigenvalue weighted by Gasteiger charge is -2.27. The van der Waals surface area contributed by atoms with Crippen molar-refractivity contribution in [2.45, 2.75) is 13.1 Å². The summed E-state index contributed by atoms with van der Waals surface area (Å²) >= 11 is 3.35. The van der Waals surface area contributed by atoms with Crippen molar-refractivity contribution in [1.82, 2.24) is 24.6 Å². The topological polar surface area (TPSA) is 75.9 Å². The van der Waals surface area contributed by atoms with E-state index in [1.54, 1.807) is 30.5 Å². The molecule has 0 aliphatic carbocycles. The number of carbonyl (C=O) groups is 1. The van der Waals surface area contributed by atoms with Crippen LogP contribution >= 0.6 is 15.9 Å². The van der Waals surface area contributed by atoms with Crippen molar-refractivity contribution in [1.29, 1.82) is 0 Å². The van der Waals surface area contributed by atoms with E-state index < -0.39 is 0 Å². The van der Waals surface area contributed by atoms with Gasteiger partial charge in [-0.05, 0) is 22.0 Å². The van der Waals surface area contributed by atoms with E-state index in [-0.39, 0.29) is 5.91 Å². The maximum absolute atomic E-state index is 12.6. The monoisotopic (exact) mass is 336 g/mol. The summed E-state index contributed by atoms with van der Waals surface area (Å²) in [6, 6.07) is 1.78. The van der Waals surface area contributed by atoms with Gasteiger partial charge in [0.05, 0.1) is 12.1 Å². The molecule has 0 unspecified atom stereocenters. The number of nitrogens with zero attached hydrogens (tertiary/aromatic N) is 5. The van der Waals surface area contributed by atoms with Gasteiger partial charge in [-0.2, -0.15) is 0 Å². The molecule has 0 saturated heterocycles. The van der Waals surface area contributed by atoms with E-state index in [0.717, 1.165) is 10.3 Å². The Hall–Kier alpha value is -1.96. The summed E-state index contributed by atoms with van der Waals surface area (Å²) in [5.74, 6) is 1.32. The summed E-state index contributed by atoms with van der Waals surface area (Å²) in [4.78, 5) is 18.6. The van der Waals surface area contributed by atoms with Crippen LogP contribution in [-0.4, -0.2) is 44.1 Å². The van der Waals surface area contributed by atoms with Crippen molar-refractivity contribution in [3.05, 3.63) is 34.5 Å². The molecule has 1 aliphatic heterocycles. The number of fused-ring (bicyclic) bond motifs is 1. The van der Waals surface area contributed by atoms with Crippen molar-refractivity contribution >= 4 is 27.7 Å². The van der Waals surface area contributed by atoms with Crippen LogP contribution < -0.4 is 5.32 Å². The van der Waals surface area contributed by atoms with Crippen LogP contribution in [0.5, 0.6) is 0 Å². The molecule has 0 spiro atoms. The summed E-state index contributed by atoms with van der Waals surface area (Å²) in [6.07, 6.45) is 3.35. The minimum Gasteiger partial charge on any atom is -0.372 e. The van der Waals surface area contributed by atoms with Gasteiger partial charge in [0.25, 0.3) is 5.91 Å². The number of hydrogen-bond acceptors (Lipinski definition) is 5. The van der Waals surface area contributed by atoms with E-state index in [9.17, 15) is 4.79 Å². The van der Waals surface area contributed by atoms with Crippen LogP contribution in [0.2, 0.25) is 0 Å². The van der Waals surface area contributed by atoms with Crippen LogP contribution in [-0.2, 0) is 13.1 Å². The predicted octanol–water partition coefficient (Wildman–Crippen LogP) is 1.13. The van der Waals surface area contributed by atoms with E-state index in [1.807, 2.05) is 4.57 Å². The first kappa shape index (κ1) is 13.0. The maximum atomic E-state index is 12.6. The van der Waals surface area contributed by atoms with Crippen LogP contribution in [0, 0.1) is 0 Å². The number of hydrogen-bond donors (Lipinski definition) is 1. The summed E-state index contributed by atoms with van der Waals surface area (Å²) < 4.78 is 2.74. The molecule has 20 heavy (non-hydrogen) atoms. The van der Waals surface area contributed by atoms with Crippen molar-refractivity contribution in [3.8, 4) is 0 Å². The normalized spacial score (nSPS) is 14.0. The molecule has 7 nitrogen and oxygen atoms in total. The first-order valence-corrected chi connectivity index (χ1v) is 6.97. The lowest BCUT2D eigenvalue weighted by Crippen LogP contribution is -2.38. The molecule has 104 valence electrons. The van der Waals surface area contributed by atoms with Crippen LogP contribution in [0.15, 0.2) is 23.1 Å². The van der Waals surface area contributed by atoms with Gasteiger partial charge in [-0.25, -0.2) is 4.98 Å². The van der Waals surface area contributed by atoms with Gasteiger partial charge in [0.2, 0.25) is 0 Å². The van der Waals surface area contributed by atoms with E-state index in [4.69, 9.17) is 0 Å². The molecular formula is C12H13BrN6O. The third-order valence-electron chi connectivity index (χ3n) is 3.25. The third kappa shape index (κ3) is 2.26. The Kier molecular flexibility index (Phi) is 3.39. The number of carbonyl (C=O) groups excluding carboxylic acids is 1. The fourth-order valence-electron chi connectivity index (χ4n) is 2.21. The van der Waals surface area contributed by atoms with Gasteiger partial charge in [-0.1, -0.05) is 0 Å². The Labute approximate surface area is 124 Å². The zero-order valence-electron chi connectivity index (χ0n) is 10.9. The first-order valence-electron chi connectivity index (χ1n) is 6.18. The minimum absolute atomic E-state index is 0.0580. The molecule has 3 rings (SSSR count). The van der Waals surface area contributed by atoms with E-state index >= 15 is 0 Å². The highest BCUT2D eigenvalue weighted by Gasteiger charge is 2.25. The molecule has 1 amide bonds. The van der Waals surface area contributed by atoms with Gasteiger partial charge in [-0.15, -0.1) is 10.2 Å².